The number of hydrogen-bond acceptors (Lipinski definition) is 6. The summed E-state index contributed by atoms with van der Waals surface area (Å²) in [6.45, 7) is 1.15. The predicted molar refractivity (Wildman–Crippen MR) is 86.5 cm³/mol. The van der Waals surface area contributed by atoms with Crippen LogP contribution in [0.2, 0.25) is 0 Å². The van der Waals surface area contributed by atoms with Crippen LogP contribution in [-0.4, -0.2) is 54.2 Å². The van der Waals surface area contributed by atoms with Crippen molar-refractivity contribution in [3.63, 3.8) is 0 Å². The molecule has 3 rings (SSSR count). The van der Waals surface area contributed by atoms with Crippen molar-refractivity contribution in [3.8, 4) is 17.4 Å². The van der Waals surface area contributed by atoms with Crippen molar-refractivity contribution in [2.24, 2.45) is 0 Å². The standard InChI is InChI=1S/C17H19N3O4/c1-22-14-4-3-12(9-15(14)23-2)17(21)20-8-5-13(11-20)24-16-10-18-6-7-19-16/h3-4,6-7,9-10,13H,5,8,11H2,1-2H3. The number of nitrogens with zero attached hydrogens (tertiary/aromatic N) is 3. The minimum atomic E-state index is -0.0780. The van der Waals surface area contributed by atoms with Crippen molar-refractivity contribution in [3.05, 3.63) is 42.4 Å². The lowest BCUT2D eigenvalue weighted by Crippen LogP contribution is -2.31. The third-order valence-electron chi connectivity index (χ3n) is 3.89. The van der Waals surface area contributed by atoms with E-state index in [1.807, 2.05) is 0 Å². The lowest BCUT2D eigenvalue weighted by molar-refractivity contribution is 0.0770. The fraction of sp³-hybridized carbons (Fsp3) is 0.353. The number of carbonyl (C=O) groups excluding carboxylic acids is 1. The predicted octanol–water partition coefficient (Wildman–Crippen LogP) is 1.79. The molecule has 1 aliphatic heterocycles. The number of methoxy groups -OCH3 is 2. The zero-order chi connectivity index (χ0) is 16.9. The first-order valence-electron chi connectivity index (χ1n) is 7.65. The molecule has 1 fully saturated rings. The van der Waals surface area contributed by atoms with Crippen molar-refractivity contribution in [2.75, 3.05) is 27.3 Å². The zero-order valence-corrected chi connectivity index (χ0v) is 13.6. The minimum Gasteiger partial charge on any atom is -0.493 e. The topological polar surface area (TPSA) is 73.8 Å². The monoisotopic (exact) mass is 329 g/mol. The van der Waals surface area contributed by atoms with Gasteiger partial charge >= 0.3 is 0 Å². The highest BCUT2D eigenvalue weighted by Gasteiger charge is 2.29. The van der Waals surface area contributed by atoms with Gasteiger partial charge in [-0.2, -0.15) is 0 Å². The molecule has 24 heavy (non-hydrogen) atoms. The van der Waals surface area contributed by atoms with E-state index in [0.29, 0.717) is 36.0 Å². The molecule has 2 aromatic rings. The molecule has 1 aliphatic rings. The van der Waals surface area contributed by atoms with E-state index >= 15 is 0 Å². The van der Waals surface area contributed by atoms with Crippen LogP contribution in [0.1, 0.15) is 16.8 Å². The quantitative estimate of drug-likeness (QED) is 0.832. The number of aromatic nitrogens is 2. The Bertz CT molecular complexity index is 708. The van der Waals surface area contributed by atoms with Gasteiger partial charge in [-0.05, 0) is 18.2 Å². The molecule has 1 atom stereocenters. The molecule has 1 aromatic carbocycles. The minimum absolute atomic E-state index is 0.0544. The van der Waals surface area contributed by atoms with Crippen LogP contribution >= 0.6 is 0 Å². The molecular weight excluding hydrogens is 310 g/mol. The molecule has 0 spiro atoms. The maximum Gasteiger partial charge on any atom is 0.254 e. The molecule has 0 N–H and O–H groups in total. The van der Waals surface area contributed by atoms with Crippen molar-refractivity contribution >= 4 is 5.91 Å². The summed E-state index contributed by atoms with van der Waals surface area (Å²) in [7, 11) is 3.11. The van der Waals surface area contributed by atoms with Crippen LogP contribution in [0, 0.1) is 0 Å². The molecule has 7 nitrogen and oxygen atoms in total. The first kappa shape index (κ1) is 16.0. The second-order valence-electron chi connectivity index (χ2n) is 5.39. The molecule has 2 heterocycles. The highest BCUT2D eigenvalue weighted by molar-refractivity contribution is 5.95. The molecule has 1 saturated heterocycles. The summed E-state index contributed by atoms with van der Waals surface area (Å²) in [5.41, 5.74) is 0.563. The first-order valence-corrected chi connectivity index (χ1v) is 7.65. The molecule has 0 bridgehead atoms. The SMILES string of the molecule is COc1ccc(C(=O)N2CCC(Oc3cnccn3)C2)cc1OC. The van der Waals surface area contributed by atoms with E-state index in [0.717, 1.165) is 6.42 Å². The van der Waals surface area contributed by atoms with Gasteiger partial charge in [0.25, 0.3) is 5.91 Å². The zero-order valence-electron chi connectivity index (χ0n) is 13.6. The molecule has 0 radical (unpaired) electrons. The number of rotatable bonds is 5. The lowest BCUT2D eigenvalue weighted by atomic mass is 10.1. The molecule has 1 unspecified atom stereocenters. The third kappa shape index (κ3) is 3.40. The van der Waals surface area contributed by atoms with E-state index in [1.165, 1.54) is 0 Å². The van der Waals surface area contributed by atoms with Gasteiger partial charge in [-0.3, -0.25) is 9.78 Å². The van der Waals surface area contributed by atoms with Crippen LogP contribution in [0.25, 0.3) is 0 Å². The van der Waals surface area contributed by atoms with E-state index in [9.17, 15) is 4.79 Å². The lowest BCUT2D eigenvalue weighted by Gasteiger charge is -2.18. The van der Waals surface area contributed by atoms with Crippen LogP contribution in [0.15, 0.2) is 36.8 Å². The fourth-order valence-corrected chi connectivity index (χ4v) is 2.68. The second kappa shape index (κ2) is 7.16. The van der Waals surface area contributed by atoms with Gasteiger partial charge in [-0.15, -0.1) is 0 Å². The summed E-state index contributed by atoms with van der Waals surface area (Å²) in [6, 6.07) is 5.16. The number of amides is 1. The smallest absolute Gasteiger partial charge is 0.254 e. The van der Waals surface area contributed by atoms with Crippen LogP contribution in [0.4, 0.5) is 0 Å². The Hall–Kier alpha value is -2.83. The van der Waals surface area contributed by atoms with Gasteiger partial charge in [-0.1, -0.05) is 0 Å². The van der Waals surface area contributed by atoms with Crippen molar-refractivity contribution in [1.29, 1.82) is 0 Å². The van der Waals surface area contributed by atoms with E-state index in [2.05, 4.69) is 9.97 Å². The largest absolute Gasteiger partial charge is 0.493 e. The van der Waals surface area contributed by atoms with Crippen LogP contribution in [-0.2, 0) is 0 Å². The normalized spacial score (nSPS) is 16.8. The van der Waals surface area contributed by atoms with Gasteiger partial charge in [0.05, 0.1) is 27.0 Å². The van der Waals surface area contributed by atoms with Gasteiger partial charge in [-0.25, -0.2) is 4.98 Å². The van der Waals surface area contributed by atoms with Crippen LogP contribution < -0.4 is 14.2 Å². The van der Waals surface area contributed by atoms with Crippen LogP contribution in [0.3, 0.4) is 0 Å². The van der Waals surface area contributed by atoms with E-state index in [-0.39, 0.29) is 12.0 Å². The Kier molecular flexibility index (Phi) is 4.79. The third-order valence-corrected chi connectivity index (χ3v) is 3.89. The molecule has 0 saturated carbocycles. The summed E-state index contributed by atoms with van der Waals surface area (Å²) in [4.78, 5) is 22.5. The molecule has 1 aromatic heterocycles. The van der Waals surface area contributed by atoms with Gasteiger partial charge in [0.2, 0.25) is 5.88 Å². The van der Waals surface area contributed by atoms with Crippen molar-refractivity contribution in [1.82, 2.24) is 14.9 Å². The molecular formula is C17H19N3O4. The van der Waals surface area contributed by atoms with Crippen LogP contribution in [0.5, 0.6) is 17.4 Å². The number of ether oxygens (including phenoxy) is 3. The summed E-state index contributed by atoms with van der Waals surface area (Å²) in [5, 5.41) is 0. The Labute approximate surface area is 140 Å². The number of benzene rings is 1. The maximum absolute atomic E-state index is 12.7. The highest BCUT2D eigenvalue weighted by atomic mass is 16.5. The number of hydrogen-bond donors (Lipinski definition) is 0. The molecule has 0 aliphatic carbocycles. The summed E-state index contributed by atoms with van der Waals surface area (Å²) < 4.78 is 16.2. The summed E-state index contributed by atoms with van der Waals surface area (Å²) in [5.74, 6) is 1.55. The fourth-order valence-electron chi connectivity index (χ4n) is 2.68. The van der Waals surface area contributed by atoms with Crippen molar-refractivity contribution < 1.29 is 19.0 Å². The number of likely N-dealkylation sites (tertiary alicyclic amines) is 1. The molecule has 7 heteroatoms. The van der Waals surface area contributed by atoms with Gasteiger partial charge < -0.3 is 19.1 Å². The summed E-state index contributed by atoms with van der Waals surface area (Å²) in [6.07, 6.45) is 5.42. The second-order valence-corrected chi connectivity index (χ2v) is 5.39. The van der Waals surface area contributed by atoms with Gasteiger partial charge in [0.15, 0.2) is 11.5 Å². The van der Waals surface area contributed by atoms with Crippen molar-refractivity contribution in [2.45, 2.75) is 12.5 Å². The Morgan fingerprint density at radius 1 is 1.21 bits per heavy atom. The van der Waals surface area contributed by atoms with E-state index < -0.39 is 0 Å². The molecule has 1 amide bonds. The average molecular weight is 329 g/mol. The van der Waals surface area contributed by atoms with E-state index in [1.54, 1.807) is 55.9 Å². The highest BCUT2D eigenvalue weighted by Crippen LogP contribution is 2.28. The van der Waals surface area contributed by atoms with Gasteiger partial charge in [0, 0.05) is 30.9 Å². The van der Waals surface area contributed by atoms with E-state index in [4.69, 9.17) is 14.2 Å². The number of carbonyl (C=O) groups is 1. The maximum atomic E-state index is 12.7. The Morgan fingerprint density at radius 2 is 2.04 bits per heavy atom. The summed E-state index contributed by atoms with van der Waals surface area (Å²) >= 11 is 0. The van der Waals surface area contributed by atoms with Gasteiger partial charge in [0.1, 0.15) is 6.10 Å². The first-order chi connectivity index (χ1) is 11.7. The Morgan fingerprint density at radius 3 is 2.75 bits per heavy atom. The average Bonchev–Trinajstić information content (AvgIpc) is 3.09. The Balaban J connectivity index is 1.66. The molecule has 126 valence electrons.